The van der Waals surface area contributed by atoms with E-state index in [-0.39, 0.29) is 17.9 Å². The first-order chi connectivity index (χ1) is 6.63. The van der Waals surface area contributed by atoms with Crippen LogP contribution in [0.15, 0.2) is 5.16 Å². The molecule has 0 aliphatic carbocycles. The molecule has 80 valence electrons. The fraction of sp³-hybridized carbons (Fsp3) is 0.750. The van der Waals surface area contributed by atoms with E-state index in [1.165, 1.54) is 6.92 Å². The number of likely N-dealkylation sites (tertiary alicyclic amines) is 1. The molecule has 0 aromatic rings. The molecule has 1 aliphatic rings. The van der Waals surface area contributed by atoms with Crippen LogP contribution >= 0.6 is 0 Å². The van der Waals surface area contributed by atoms with Gasteiger partial charge in [0, 0.05) is 26.1 Å². The predicted molar refractivity (Wildman–Crippen MR) is 51.8 cm³/mol. The Labute approximate surface area is 82.7 Å². The van der Waals surface area contributed by atoms with E-state index >= 15 is 0 Å². The van der Waals surface area contributed by atoms with Gasteiger partial charge in [-0.15, -0.1) is 0 Å². The summed E-state index contributed by atoms with van der Waals surface area (Å²) in [6.07, 6.45) is 1.66. The summed E-state index contributed by atoms with van der Waals surface area (Å²) in [6, 6.07) is 0.218. The molecule has 1 fully saturated rings. The Bertz CT molecular complexity index is 233. The van der Waals surface area contributed by atoms with Crippen molar-refractivity contribution in [1.82, 2.24) is 10.2 Å². The summed E-state index contributed by atoms with van der Waals surface area (Å²) in [4.78, 5) is 12.6. The quantitative estimate of drug-likeness (QED) is 0.226. The Hall–Kier alpha value is -1.46. The molecule has 0 unspecified atom stereocenters. The zero-order valence-corrected chi connectivity index (χ0v) is 8.23. The predicted octanol–water partition coefficient (Wildman–Crippen LogP) is -0.709. The molecule has 0 saturated carbocycles. The number of hydrogen-bond acceptors (Lipinski definition) is 3. The van der Waals surface area contributed by atoms with Gasteiger partial charge in [-0.25, -0.2) is 0 Å². The fourth-order valence-electron chi connectivity index (χ4n) is 1.60. The maximum absolute atomic E-state index is 10.8. The third-order valence-electron chi connectivity index (χ3n) is 2.33. The number of oxime groups is 1. The topological polar surface area (TPSA) is 91.0 Å². The summed E-state index contributed by atoms with van der Waals surface area (Å²) in [6.45, 7) is 2.93. The van der Waals surface area contributed by atoms with Crippen LogP contribution in [0.25, 0.3) is 0 Å². The average molecular weight is 200 g/mol. The van der Waals surface area contributed by atoms with Crippen molar-refractivity contribution in [3.05, 3.63) is 0 Å². The van der Waals surface area contributed by atoms with Crippen molar-refractivity contribution in [3.8, 4) is 0 Å². The van der Waals surface area contributed by atoms with Crippen LogP contribution in [0.3, 0.4) is 0 Å². The molecule has 0 bridgehead atoms. The smallest absolute Gasteiger partial charge is 0.233 e. The maximum Gasteiger partial charge on any atom is 0.233 e. The summed E-state index contributed by atoms with van der Waals surface area (Å²) < 4.78 is 0. The second-order valence-electron chi connectivity index (χ2n) is 3.42. The highest BCUT2D eigenvalue weighted by Gasteiger charge is 2.20. The Balaban J connectivity index is 2.35. The molecule has 14 heavy (non-hydrogen) atoms. The van der Waals surface area contributed by atoms with Gasteiger partial charge in [0.25, 0.3) is 0 Å². The van der Waals surface area contributed by atoms with Gasteiger partial charge in [0.05, 0.1) is 0 Å². The monoisotopic (exact) mass is 200 g/mol. The number of guanidine groups is 1. The number of nitrogens with one attached hydrogen (secondary N) is 1. The van der Waals surface area contributed by atoms with E-state index in [0.29, 0.717) is 13.1 Å². The van der Waals surface area contributed by atoms with Crippen LogP contribution in [-0.2, 0) is 4.79 Å². The lowest BCUT2D eigenvalue weighted by Crippen LogP contribution is -2.48. The zero-order valence-electron chi connectivity index (χ0n) is 8.23. The molecule has 0 spiro atoms. The highest BCUT2D eigenvalue weighted by atomic mass is 16.4. The number of nitrogens with zero attached hydrogens (tertiary/aromatic N) is 2. The number of carbonyl (C=O) groups excluding carboxylic acids is 1. The number of rotatable bonds is 1. The largest absolute Gasteiger partial charge is 0.408 e. The highest BCUT2D eigenvalue weighted by Crippen LogP contribution is 2.09. The maximum atomic E-state index is 10.8. The molecule has 1 amide bonds. The summed E-state index contributed by atoms with van der Waals surface area (Å²) in [5.74, 6) is 0.138. The number of piperidine rings is 1. The minimum atomic E-state index is -0.00718. The Morgan fingerprint density at radius 1 is 1.57 bits per heavy atom. The molecule has 1 heterocycles. The molecule has 1 saturated heterocycles. The molecule has 0 atom stereocenters. The van der Waals surface area contributed by atoms with E-state index in [1.807, 2.05) is 0 Å². The molecule has 0 radical (unpaired) electrons. The summed E-state index contributed by atoms with van der Waals surface area (Å²) in [5, 5.41) is 14.2. The molecule has 6 nitrogen and oxygen atoms in total. The van der Waals surface area contributed by atoms with Gasteiger partial charge in [-0.2, -0.15) is 0 Å². The summed E-state index contributed by atoms with van der Waals surface area (Å²) in [7, 11) is 0. The second-order valence-corrected chi connectivity index (χ2v) is 3.42. The van der Waals surface area contributed by atoms with Crippen molar-refractivity contribution >= 4 is 11.9 Å². The average Bonchev–Trinajstić information content (AvgIpc) is 2.17. The van der Waals surface area contributed by atoms with E-state index in [9.17, 15) is 4.79 Å². The number of amides is 1. The molecule has 1 rings (SSSR count). The molecule has 6 heteroatoms. The van der Waals surface area contributed by atoms with Crippen molar-refractivity contribution in [3.63, 3.8) is 0 Å². The van der Waals surface area contributed by atoms with Crippen LogP contribution in [0.1, 0.15) is 19.8 Å². The number of nitrogens with two attached hydrogens (primary N) is 1. The van der Waals surface area contributed by atoms with E-state index in [4.69, 9.17) is 10.9 Å². The standard InChI is InChI=1S/C8H16N4O2/c1-6(13)10-7-2-4-12(5-3-7)8(9)11-14/h7,14H,2-5H2,1H3,(H2,9,11)(H,10,13). The van der Waals surface area contributed by atoms with Gasteiger partial charge in [-0.1, -0.05) is 5.16 Å². The first kappa shape index (κ1) is 10.6. The first-order valence-electron chi connectivity index (χ1n) is 4.63. The Morgan fingerprint density at radius 3 is 2.57 bits per heavy atom. The molecular formula is C8H16N4O2. The SMILES string of the molecule is CC(=O)NC1CCN(C(N)=NO)CC1. The van der Waals surface area contributed by atoms with Gasteiger partial charge in [-0.3, -0.25) is 4.79 Å². The normalized spacial score (nSPS) is 19.5. The third kappa shape index (κ3) is 2.79. The van der Waals surface area contributed by atoms with E-state index in [1.54, 1.807) is 4.90 Å². The number of hydrogen-bond donors (Lipinski definition) is 3. The number of carbonyl (C=O) groups is 1. The van der Waals surface area contributed by atoms with E-state index < -0.39 is 0 Å². The molecule has 4 N–H and O–H groups in total. The van der Waals surface area contributed by atoms with Gasteiger partial charge in [-0.05, 0) is 12.8 Å². The minimum Gasteiger partial charge on any atom is -0.408 e. The van der Waals surface area contributed by atoms with Crippen molar-refractivity contribution in [2.24, 2.45) is 10.9 Å². The summed E-state index contributed by atoms with van der Waals surface area (Å²) in [5.41, 5.74) is 5.43. The first-order valence-corrected chi connectivity index (χ1v) is 4.63. The van der Waals surface area contributed by atoms with E-state index in [2.05, 4.69) is 10.5 Å². The van der Waals surface area contributed by atoms with Crippen LogP contribution in [0.4, 0.5) is 0 Å². The van der Waals surface area contributed by atoms with Crippen molar-refractivity contribution in [1.29, 1.82) is 0 Å². The van der Waals surface area contributed by atoms with Gasteiger partial charge in [0.15, 0.2) is 0 Å². The molecule has 1 aliphatic heterocycles. The lowest BCUT2D eigenvalue weighted by molar-refractivity contribution is -0.119. The fourth-order valence-corrected chi connectivity index (χ4v) is 1.60. The van der Waals surface area contributed by atoms with Crippen LogP contribution < -0.4 is 11.1 Å². The Kier molecular flexibility index (Phi) is 3.55. The van der Waals surface area contributed by atoms with E-state index in [0.717, 1.165) is 12.8 Å². The zero-order chi connectivity index (χ0) is 10.6. The lowest BCUT2D eigenvalue weighted by Gasteiger charge is -2.32. The van der Waals surface area contributed by atoms with Crippen molar-refractivity contribution < 1.29 is 10.0 Å². The van der Waals surface area contributed by atoms with Crippen LogP contribution in [-0.4, -0.2) is 41.1 Å². The van der Waals surface area contributed by atoms with Crippen LogP contribution in [0.5, 0.6) is 0 Å². The minimum absolute atomic E-state index is 0.00718. The molecule has 0 aromatic heterocycles. The Morgan fingerprint density at radius 2 is 2.14 bits per heavy atom. The van der Waals surface area contributed by atoms with Gasteiger partial charge >= 0.3 is 0 Å². The molecular weight excluding hydrogens is 184 g/mol. The second kappa shape index (κ2) is 4.69. The molecule has 0 aromatic carbocycles. The van der Waals surface area contributed by atoms with Gasteiger partial charge in [0.1, 0.15) is 0 Å². The van der Waals surface area contributed by atoms with Gasteiger partial charge < -0.3 is 21.2 Å². The van der Waals surface area contributed by atoms with Gasteiger partial charge in [0.2, 0.25) is 11.9 Å². The lowest BCUT2D eigenvalue weighted by atomic mass is 10.1. The van der Waals surface area contributed by atoms with Crippen LogP contribution in [0.2, 0.25) is 0 Å². The van der Waals surface area contributed by atoms with Crippen molar-refractivity contribution in [2.75, 3.05) is 13.1 Å². The van der Waals surface area contributed by atoms with Crippen LogP contribution in [0, 0.1) is 0 Å². The third-order valence-corrected chi connectivity index (χ3v) is 2.33. The van der Waals surface area contributed by atoms with Crippen molar-refractivity contribution in [2.45, 2.75) is 25.8 Å². The summed E-state index contributed by atoms with van der Waals surface area (Å²) >= 11 is 0. The highest BCUT2D eigenvalue weighted by molar-refractivity contribution is 5.77.